The largest absolute Gasteiger partial charge is 0.460 e. The summed E-state index contributed by atoms with van der Waals surface area (Å²) in [6.45, 7) is 4.69. The number of ether oxygens (including phenoxy) is 2. The number of fused-ring (bicyclic) bond motifs is 1. The van der Waals surface area contributed by atoms with Crippen molar-refractivity contribution < 1.29 is 19.1 Å². The van der Waals surface area contributed by atoms with Gasteiger partial charge in [-0.3, -0.25) is 9.78 Å². The molecule has 4 rings (SSSR count). The first-order chi connectivity index (χ1) is 17.0. The van der Waals surface area contributed by atoms with E-state index in [1.54, 1.807) is 19.5 Å². The van der Waals surface area contributed by atoms with E-state index >= 15 is 0 Å². The minimum absolute atomic E-state index is 0.125. The summed E-state index contributed by atoms with van der Waals surface area (Å²) in [5.74, 6) is -0.565. The highest BCUT2D eigenvalue weighted by molar-refractivity contribution is 8.16. The summed E-state index contributed by atoms with van der Waals surface area (Å²) in [4.78, 5) is 36.7. The Kier molecular flexibility index (Phi) is 7.99. The molecule has 2 aliphatic rings. The van der Waals surface area contributed by atoms with Gasteiger partial charge in [-0.15, -0.1) is 0 Å². The molecule has 182 valence electrons. The predicted octanol–water partition coefficient (Wildman–Crippen LogP) is 3.86. The van der Waals surface area contributed by atoms with E-state index in [2.05, 4.69) is 15.3 Å². The first-order valence-electron chi connectivity index (χ1n) is 11.3. The molecule has 3 heterocycles. The second-order valence-electron chi connectivity index (χ2n) is 8.25. The van der Waals surface area contributed by atoms with Gasteiger partial charge in [0.2, 0.25) is 5.91 Å². The fourth-order valence-electron chi connectivity index (χ4n) is 3.92. The molecule has 8 nitrogen and oxygen atoms in total. The lowest BCUT2D eigenvalue weighted by Crippen LogP contribution is -2.38. The van der Waals surface area contributed by atoms with Crippen molar-refractivity contribution in [1.82, 2.24) is 15.2 Å². The summed E-state index contributed by atoms with van der Waals surface area (Å²) in [6.07, 6.45) is 3.57. The Balaban J connectivity index is 1.59. The Bertz CT molecular complexity index is 1180. The molecule has 1 N–H and O–H groups in total. The van der Waals surface area contributed by atoms with Gasteiger partial charge in [-0.1, -0.05) is 47.7 Å². The molecule has 0 saturated heterocycles. The number of carbonyl (C=O) groups is 2. The van der Waals surface area contributed by atoms with Gasteiger partial charge in [-0.05, 0) is 36.4 Å². The molecule has 1 amide bonds. The van der Waals surface area contributed by atoms with Crippen LogP contribution in [-0.4, -0.2) is 47.3 Å². The number of aromatic nitrogens is 1. The van der Waals surface area contributed by atoms with Crippen molar-refractivity contribution in [3.63, 3.8) is 0 Å². The quantitative estimate of drug-likeness (QED) is 0.420. The second kappa shape index (κ2) is 11.3. The van der Waals surface area contributed by atoms with Crippen LogP contribution in [-0.2, 0) is 25.6 Å². The number of thioether (sulfide) groups is 1. The molecule has 0 saturated carbocycles. The van der Waals surface area contributed by atoms with Crippen LogP contribution < -0.4 is 5.32 Å². The molecule has 1 unspecified atom stereocenters. The van der Waals surface area contributed by atoms with Crippen molar-refractivity contribution in [3.8, 4) is 0 Å². The average Bonchev–Trinajstić information content (AvgIpc) is 3.25. The molecule has 1 atom stereocenters. The van der Waals surface area contributed by atoms with E-state index in [0.717, 1.165) is 27.6 Å². The van der Waals surface area contributed by atoms with Crippen LogP contribution in [0.3, 0.4) is 0 Å². The standard InChI is InChI=1S/C26H28N4O4S/c1-17-6-8-20(9-7-17)24-23(25(32)34-12-11-33-3)18(2)29-26-30(24)21(16-35-26)13-22(31)28-15-19-5-4-10-27-14-19/h4-10,14,16,24H,11-13,15H2,1-3H3,(H,28,31). The van der Waals surface area contributed by atoms with Gasteiger partial charge in [0.1, 0.15) is 6.61 Å². The van der Waals surface area contributed by atoms with E-state index in [0.29, 0.717) is 24.4 Å². The van der Waals surface area contributed by atoms with Crippen LogP contribution >= 0.6 is 11.8 Å². The number of nitrogens with zero attached hydrogens (tertiary/aromatic N) is 3. The average molecular weight is 493 g/mol. The predicted molar refractivity (Wildman–Crippen MR) is 135 cm³/mol. The van der Waals surface area contributed by atoms with Gasteiger partial charge in [0.15, 0.2) is 5.17 Å². The summed E-state index contributed by atoms with van der Waals surface area (Å²) in [6, 6.07) is 11.3. The van der Waals surface area contributed by atoms with Gasteiger partial charge in [-0.25, -0.2) is 9.79 Å². The Morgan fingerprint density at radius 1 is 1.14 bits per heavy atom. The van der Waals surface area contributed by atoms with Crippen molar-refractivity contribution in [2.24, 2.45) is 4.99 Å². The third-order valence-corrected chi connectivity index (χ3v) is 6.58. The van der Waals surface area contributed by atoms with Gasteiger partial charge in [-0.2, -0.15) is 0 Å². The molecule has 0 bridgehead atoms. The van der Waals surface area contributed by atoms with E-state index in [9.17, 15) is 9.59 Å². The first-order valence-corrected chi connectivity index (χ1v) is 12.2. The zero-order chi connectivity index (χ0) is 24.8. The molecule has 0 fully saturated rings. The normalized spacial score (nSPS) is 17.0. The van der Waals surface area contributed by atoms with Gasteiger partial charge in [0.05, 0.1) is 30.3 Å². The molecule has 1 aromatic carbocycles. The number of methoxy groups -OCH3 is 1. The Labute approximate surface area is 209 Å². The van der Waals surface area contributed by atoms with Crippen molar-refractivity contribution >= 4 is 28.8 Å². The molecular formula is C26H28N4O4S. The number of aryl methyl sites for hydroxylation is 1. The van der Waals surface area contributed by atoms with Crippen LogP contribution in [0, 0.1) is 6.92 Å². The smallest absolute Gasteiger partial charge is 0.338 e. The van der Waals surface area contributed by atoms with Gasteiger partial charge in [0, 0.05) is 31.7 Å². The first kappa shape index (κ1) is 24.7. The molecule has 1 aromatic heterocycles. The van der Waals surface area contributed by atoms with E-state index in [1.807, 2.05) is 60.6 Å². The van der Waals surface area contributed by atoms with Crippen molar-refractivity contribution in [2.45, 2.75) is 32.9 Å². The fourth-order valence-corrected chi connectivity index (χ4v) is 4.88. The van der Waals surface area contributed by atoms with Crippen molar-refractivity contribution in [1.29, 1.82) is 0 Å². The summed E-state index contributed by atoms with van der Waals surface area (Å²) >= 11 is 1.45. The van der Waals surface area contributed by atoms with Gasteiger partial charge in [0.25, 0.3) is 0 Å². The number of amides is 1. The molecule has 2 aliphatic heterocycles. The number of allylic oxidation sites excluding steroid dienone is 1. The molecule has 9 heteroatoms. The van der Waals surface area contributed by atoms with E-state index in [4.69, 9.17) is 9.47 Å². The number of esters is 1. The Morgan fingerprint density at radius 2 is 1.94 bits per heavy atom. The highest BCUT2D eigenvalue weighted by atomic mass is 32.2. The maximum atomic E-state index is 13.2. The number of rotatable bonds is 9. The van der Waals surface area contributed by atoms with Gasteiger partial charge < -0.3 is 19.7 Å². The SMILES string of the molecule is COCCOC(=O)C1=C(C)N=C2SC=C(CC(=O)NCc3cccnc3)N2C1c1ccc(C)cc1. The van der Waals surface area contributed by atoms with Crippen molar-refractivity contribution in [2.75, 3.05) is 20.3 Å². The van der Waals surface area contributed by atoms with Gasteiger partial charge >= 0.3 is 5.97 Å². The topological polar surface area (TPSA) is 93.1 Å². The van der Waals surface area contributed by atoms with Crippen LogP contribution in [0.2, 0.25) is 0 Å². The monoisotopic (exact) mass is 492 g/mol. The maximum Gasteiger partial charge on any atom is 0.338 e. The van der Waals surface area contributed by atoms with Crippen LogP contribution in [0.1, 0.15) is 36.1 Å². The minimum Gasteiger partial charge on any atom is -0.460 e. The second-order valence-corrected chi connectivity index (χ2v) is 9.08. The molecule has 35 heavy (non-hydrogen) atoms. The maximum absolute atomic E-state index is 13.2. The van der Waals surface area contributed by atoms with Crippen molar-refractivity contribution in [3.05, 3.63) is 87.9 Å². The zero-order valence-corrected chi connectivity index (χ0v) is 20.8. The number of hydrogen-bond donors (Lipinski definition) is 1. The summed E-state index contributed by atoms with van der Waals surface area (Å²) in [5, 5.41) is 5.61. The van der Waals surface area contributed by atoms with E-state index in [1.165, 1.54) is 11.8 Å². The highest BCUT2D eigenvalue weighted by Crippen LogP contribution is 2.44. The third-order valence-electron chi connectivity index (χ3n) is 5.69. The fraction of sp³-hybridized carbons (Fsp3) is 0.308. The summed E-state index contributed by atoms with van der Waals surface area (Å²) < 4.78 is 10.5. The number of hydrogen-bond acceptors (Lipinski definition) is 8. The zero-order valence-electron chi connectivity index (χ0n) is 20.0. The van der Waals surface area contributed by atoms with Crippen LogP contribution in [0.5, 0.6) is 0 Å². The lowest BCUT2D eigenvalue weighted by molar-refractivity contribution is -0.141. The van der Waals surface area contributed by atoms with Crippen LogP contribution in [0.4, 0.5) is 0 Å². The number of aliphatic imine (C=N–C) groups is 1. The number of benzene rings is 1. The number of amidine groups is 1. The lowest BCUT2D eigenvalue weighted by atomic mass is 9.93. The third kappa shape index (κ3) is 5.80. The molecule has 0 aliphatic carbocycles. The van der Waals surface area contributed by atoms with E-state index < -0.39 is 12.0 Å². The number of carbonyl (C=O) groups excluding carboxylic acids is 2. The molecule has 2 aromatic rings. The molecular weight excluding hydrogens is 464 g/mol. The molecule has 0 radical (unpaired) electrons. The number of nitrogens with one attached hydrogen (secondary N) is 1. The highest BCUT2D eigenvalue weighted by Gasteiger charge is 2.41. The molecule has 0 spiro atoms. The van der Waals surface area contributed by atoms with Crippen LogP contribution in [0.15, 0.2) is 76.2 Å². The summed E-state index contributed by atoms with van der Waals surface area (Å²) in [5.41, 5.74) is 4.80. The Morgan fingerprint density at radius 3 is 2.66 bits per heavy atom. The summed E-state index contributed by atoms with van der Waals surface area (Å²) in [7, 11) is 1.56. The lowest BCUT2D eigenvalue weighted by Gasteiger charge is -2.36. The minimum atomic E-state index is -0.453. The number of pyridine rings is 1. The van der Waals surface area contributed by atoms with E-state index in [-0.39, 0.29) is 18.9 Å². The Hall–Kier alpha value is -3.43. The van der Waals surface area contributed by atoms with Crippen LogP contribution in [0.25, 0.3) is 0 Å².